The highest BCUT2D eigenvalue weighted by Crippen LogP contribution is 2.37. The van der Waals surface area contributed by atoms with Crippen molar-refractivity contribution in [3.8, 4) is 11.1 Å². The van der Waals surface area contributed by atoms with E-state index < -0.39 is 0 Å². The summed E-state index contributed by atoms with van der Waals surface area (Å²) >= 11 is 6.53. The Bertz CT molecular complexity index is 1230. The van der Waals surface area contributed by atoms with Crippen LogP contribution in [0.15, 0.2) is 30.5 Å². The zero-order valence-electron chi connectivity index (χ0n) is 19.1. The lowest BCUT2D eigenvalue weighted by Crippen LogP contribution is -2.29. The first-order valence-electron chi connectivity index (χ1n) is 11.9. The standard InChI is InChI=1S/C26H29ClN4O2/c1-15-8-9-31-25(15)21-12-18(6-7-23(21)30-31)20-13-24(28-14-22(20)27)29-26(33)19-5-3-4-17(11-19)10-16(2)32/h6-7,12-15,17,19H,3-5,8-11H2,1-2H3,(H,28,29,33)/t15?,17-,19-/m0/s1. The highest BCUT2D eigenvalue weighted by Gasteiger charge is 2.28. The quantitative estimate of drug-likeness (QED) is 0.503. The molecule has 5 rings (SSSR count). The van der Waals surface area contributed by atoms with E-state index in [1.165, 1.54) is 5.69 Å². The topological polar surface area (TPSA) is 76.9 Å². The van der Waals surface area contributed by atoms with Gasteiger partial charge >= 0.3 is 0 Å². The number of aryl methyl sites for hydroxylation is 1. The molecule has 1 aliphatic carbocycles. The monoisotopic (exact) mass is 464 g/mol. The fourth-order valence-electron chi connectivity index (χ4n) is 5.54. The first-order chi connectivity index (χ1) is 15.9. The second kappa shape index (κ2) is 8.90. The number of Topliss-reactive ketones (excluding diaryl/α,β-unsaturated/α-hetero) is 1. The lowest BCUT2D eigenvalue weighted by atomic mass is 9.79. The summed E-state index contributed by atoms with van der Waals surface area (Å²) in [7, 11) is 0. The second-order valence-electron chi connectivity index (χ2n) is 9.70. The maximum Gasteiger partial charge on any atom is 0.228 e. The Balaban J connectivity index is 1.38. The molecule has 3 heterocycles. The van der Waals surface area contributed by atoms with Gasteiger partial charge in [0.05, 0.1) is 10.5 Å². The Hall–Kier alpha value is -2.73. The van der Waals surface area contributed by atoms with E-state index in [2.05, 4.69) is 28.0 Å². The van der Waals surface area contributed by atoms with Crippen LogP contribution in [-0.2, 0) is 16.1 Å². The SMILES string of the molecule is CC(=O)C[C@@H]1CCC[C@H](C(=O)Nc2cc(-c3ccc4nn5c(c4c3)C(C)CC5)c(Cl)cn2)C1. The Morgan fingerprint density at radius 1 is 1.21 bits per heavy atom. The number of halogens is 1. The number of ketones is 1. The Kier molecular flexibility index (Phi) is 5.95. The molecule has 0 spiro atoms. The number of rotatable bonds is 5. The zero-order chi connectivity index (χ0) is 23.1. The summed E-state index contributed by atoms with van der Waals surface area (Å²) in [6.45, 7) is 4.83. The molecule has 172 valence electrons. The molecule has 3 atom stereocenters. The van der Waals surface area contributed by atoms with Crippen molar-refractivity contribution in [2.45, 2.75) is 64.8 Å². The molecule has 1 amide bonds. The number of anilines is 1. The first-order valence-corrected chi connectivity index (χ1v) is 12.2. The van der Waals surface area contributed by atoms with Gasteiger partial charge in [0.1, 0.15) is 11.6 Å². The lowest BCUT2D eigenvalue weighted by molar-refractivity contribution is -0.123. The van der Waals surface area contributed by atoms with E-state index in [1.54, 1.807) is 13.1 Å². The van der Waals surface area contributed by atoms with E-state index in [0.29, 0.717) is 29.1 Å². The molecule has 1 aliphatic heterocycles. The summed E-state index contributed by atoms with van der Waals surface area (Å²) in [5.74, 6) is 1.37. The van der Waals surface area contributed by atoms with E-state index in [-0.39, 0.29) is 17.6 Å². The number of fused-ring (bicyclic) bond motifs is 3. The summed E-state index contributed by atoms with van der Waals surface area (Å²) in [4.78, 5) is 28.8. The normalized spacial score (nSPS) is 22.3. The van der Waals surface area contributed by atoms with Gasteiger partial charge in [-0.05, 0) is 62.3 Å². The van der Waals surface area contributed by atoms with Crippen LogP contribution in [0.2, 0.25) is 5.02 Å². The number of hydrogen-bond donors (Lipinski definition) is 1. The van der Waals surface area contributed by atoms with Gasteiger partial charge in [0, 0.05) is 47.6 Å². The van der Waals surface area contributed by atoms with Crippen molar-refractivity contribution >= 4 is 40.0 Å². The first kappa shape index (κ1) is 22.1. The van der Waals surface area contributed by atoms with Crippen LogP contribution in [0.4, 0.5) is 5.82 Å². The molecule has 1 saturated carbocycles. The number of benzene rings is 1. The Morgan fingerprint density at radius 3 is 2.88 bits per heavy atom. The minimum Gasteiger partial charge on any atom is -0.310 e. The molecule has 7 heteroatoms. The van der Waals surface area contributed by atoms with Crippen LogP contribution >= 0.6 is 11.6 Å². The summed E-state index contributed by atoms with van der Waals surface area (Å²) in [5, 5.41) is 9.43. The molecule has 0 saturated heterocycles. The predicted octanol–water partition coefficient (Wildman–Crippen LogP) is 5.98. The number of carbonyl (C=O) groups is 2. The van der Waals surface area contributed by atoms with E-state index in [4.69, 9.17) is 16.7 Å². The average Bonchev–Trinajstić information content (AvgIpc) is 3.33. The summed E-state index contributed by atoms with van der Waals surface area (Å²) in [5.41, 5.74) is 4.10. The minimum absolute atomic E-state index is 0.0252. The Morgan fingerprint density at radius 2 is 2.06 bits per heavy atom. The van der Waals surface area contributed by atoms with Gasteiger partial charge in [-0.25, -0.2) is 4.98 Å². The van der Waals surface area contributed by atoms with Gasteiger partial charge in [-0.1, -0.05) is 31.0 Å². The van der Waals surface area contributed by atoms with E-state index >= 15 is 0 Å². The lowest BCUT2D eigenvalue weighted by Gasteiger charge is -2.27. The van der Waals surface area contributed by atoms with Crippen LogP contribution in [0.25, 0.3) is 22.0 Å². The smallest absolute Gasteiger partial charge is 0.228 e. The van der Waals surface area contributed by atoms with E-state index in [9.17, 15) is 9.59 Å². The molecule has 6 nitrogen and oxygen atoms in total. The molecule has 1 N–H and O–H groups in total. The number of nitrogens with zero attached hydrogens (tertiary/aromatic N) is 3. The van der Waals surface area contributed by atoms with Crippen LogP contribution in [-0.4, -0.2) is 26.5 Å². The maximum atomic E-state index is 13.0. The van der Waals surface area contributed by atoms with Gasteiger partial charge < -0.3 is 10.1 Å². The van der Waals surface area contributed by atoms with Gasteiger partial charge in [0.2, 0.25) is 5.91 Å². The van der Waals surface area contributed by atoms with Crippen molar-refractivity contribution in [3.05, 3.63) is 41.2 Å². The maximum absolute atomic E-state index is 13.0. The molecule has 2 aliphatic rings. The number of carbonyl (C=O) groups excluding carboxylic acids is 2. The highest BCUT2D eigenvalue weighted by atomic mass is 35.5. The van der Waals surface area contributed by atoms with Crippen molar-refractivity contribution in [3.63, 3.8) is 0 Å². The summed E-state index contributed by atoms with van der Waals surface area (Å²) in [6.07, 6.45) is 6.88. The van der Waals surface area contributed by atoms with E-state index in [1.807, 2.05) is 18.2 Å². The molecule has 2 aromatic heterocycles. The van der Waals surface area contributed by atoms with Gasteiger partial charge in [-0.3, -0.25) is 9.48 Å². The van der Waals surface area contributed by atoms with Crippen molar-refractivity contribution in [2.75, 3.05) is 5.32 Å². The fraction of sp³-hybridized carbons (Fsp3) is 0.462. The third kappa shape index (κ3) is 4.41. The third-order valence-corrected chi connectivity index (χ3v) is 7.47. The number of aromatic nitrogens is 3. The molecule has 0 bridgehead atoms. The van der Waals surface area contributed by atoms with Crippen LogP contribution < -0.4 is 5.32 Å². The predicted molar refractivity (Wildman–Crippen MR) is 130 cm³/mol. The number of pyridine rings is 1. The number of hydrogen-bond acceptors (Lipinski definition) is 4. The summed E-state index contributed by atoms with van der Waals surface area (Å²) < 4.78 is 2.11. The molecule has 33 heavy (non-hydrogen) atoms. The molecule has 3 aromatic rings. The van der Waals surface area contributed by atoms with Crippen molar-refractivity contribution in [1.29, 1.82) is 0 Å². The Labute approximate surface area is 198 Å². The second-order valence-corrected chi connectivity index (χ2v) is 10.1. The molecule has 1 unspecified atom stereocenters. The van der Waals surface area contributed by atoms with Crippen LogP contribution in [0.1, 0.15) is 64.0 Å². The van der Waals surface area contributed by atoms with Gasteiger partial charge in [-0.2, -0.15) is 5.10 Å². The van der Waals surface area contributed by atoms with Crippen LogP contribution in [0.5, 0.6) is 0 Å². The third-order valence-electron chi connectivity index (χ3n) is 7.17. The van der Waals surface area contributed by atoms with Crippen molar-refractivity contribution in [1.82, 2.24) is 14.8 Å². The zero-order valence-corrected chi connectivity index (χ0v) is 19.9. The van der Waals surface area contributed by atoms with Gasteiger partial charge in [-0.15, -0.1) is 0 Å². The number of nitrogens with one attached hydrogen (secondary N) is 1. The number of amides is 1. The van der Waals surface area contributed by atoms with Crippen LogP contribution in [0, 0.1) is 11.8 Å². The average molecular weight is 465 g/mol. The molecular weight excluding hydrogens is 436 g/mol. The largest absolute Gasteiger partial charge is 0.310 e. The van der Waals surface area contributed by atoms with Crippen molar-refractivity contribution in [2.24, 2.45) is 11.8 Å². The van der Waals surface area contributed by atoms with Crippen LogP contribution in [0.3, 0.4) is 0 Å². The minimum atomic E-state index is -0.0862. The van der Waals surface area contributed by atoms with Gasteiger partial charge in [0.25, 0.3) is 0 Å². The van der Waals surface area contributed by atoms with E-state index in [0.717, 1.165) is 60.7 Å². The molecule has 1 aromatic carbocycles. The highest BCUT2D eigenvalue weighted by molar-refractivity contribution is 6.33. The molecular formula is C26H29ClN4O2. The molecule has 1 fully saturated rings. The van der Waals surface area contributed by atoms with Gasteiger partial charge in [0.15, 0.2) is 0 Å². The van der Waals surface area contributed by atoms with Crippen molar-refractivity contribution < 1.29 is 9.59 Å². The fourth-order valence-corrected chi connectivity index (χ4v) is 5.75. The summed E-state index contributed by atoms with van der Waals surface area (Å²) in [6, 6.07) is 8.06. The molecule has 0 radical (unpaired) electrons.